The number of benzene rings is 2. The molecule has 1 saturated heterocycles. The van der Waals surface area contributed by atoms with Gasteiger partial charge in [0.1, 0.15) is 5.75 Å². The van der Waals surface area contributed by atoms with Crippen molar-refractivity contribution in [2.75, 3.05) is 53.7 Å². The quantitative estimate of drug-likeness (QED) is 0.712. The van der Waals surface area contributed by atoms with Gasteiger partial charge < -0.3 is 19.1 Å². The van der Waals surface area contributed by atoms with Crippen molar-refractivity contribution < 1.29 is 22.6 Å². The van der Waals surface area contributed by atoms with E-state index in [4.69, 9.17) is 14.2 Å². The lowest BCUT2D eigenvalue weighted by atomic mass is 10.0. The third-order valence-electron chi connectivity index (χ3n) is 5.60. The molecule has 0 bridgehead atoms. The van der Waals surface area contributed by atoms with E-state index in [2.05, 4.69) is 21.6 Å². The van der Waals surface area contributed by atoms with Crippen molar-refractivity contribution in [2.24, 2.45) is 0 Å². The Morgan fingerprint density at radius 3 is 2.43 bits per heavy atom. The number of hydrogen-bond acceptors (Lipinski definition) is 7. The summed E-state index contributed by atoms with van der Waals surface area (Å²) >= 11 is 0. The van der Waals surface area contributed by atoms with Gasteiger partial charge in [-0.1, -0.05) is 6.07 Å². The van der Waals surface area contributed by atoms with Gasteiger partial charge in [0.15, 0.2) is 11.5 Å². The summed E-state index contributed by atoms with van der Waals surface area (Å²) in [7, 11) is -0.00194. The maximum absolute atomic E-state index is 12.9. The first-order valence-corrected chi connectivity index (χ1v) is 11.4. The second kappa shape index (κ2) is 8.81. The molecule has 9 heteroatoms. The van der Waals surface area contributed by atoms with Crippen molar-refractivity contribution in [1.82, 2.24) is 14.5 Å². The number of sulfonamides is 1. The SMILES string of the molecule is COc1ccc(S(=O)(=O)NC[C@H](c2ccc3c(c2)OCO3)N2CCN(C)CC2)cc1. The molecular formula is C21H27N3O5S. The highest BCUT2D eigenvalue weighted by Gasteiger charge is 2.27. The van der Waals surface area contributed by atoms with Crippen LogP contribution in [-0.4, -0.2) is 71.9 Å². The second-order valence-electron chi connectivity index (χ2n) is 7.50. The zero-order valence-electron chi connectivity index (χ0n) is 17.2. The Morgan fingerprint density at radius 1 is 1.03 bits per heavy atom. The van der Waals surface area contributed by atoms with Gasteiger partial charge in [0.25, 0.3) is 0 Å². The van der Waals surface area contributed by atoms with Crippen LogP contribution in [0.5, 0.6) is 17.2 Å². The van der Waals surface area contributed by atoms with Gasteiger partial charge in [0.05, 0.1) is 12.0 Å². The molecule has 1 fully saturated rings. The fourth-order valence-electron chi connectivity index (χ4n) is 3.74. The molecule has 8 nitrogen and oxygen atoms in total. The fourth-order valence-corrected chi connectivity index (χ4v) is 4.78. The van der Waals surface area contributed by atoms with Crippen molar-refractivity contribution in [3.05, 3.63) is 48.0 Å². The van der Waals surface area contributed by atoms with Crippen LogP contribution in [0.25, 0.3) is 0 Å². The minimum Gasteiger partial charge on any atom is -0.497 e. The molecule has 162 valence electrons. The summed E-state index contributed by atoms with van der Waals surface area (Å²) in [5.74, 6) is 2.03. The van der Waals surface area contributed by atoms with Crippen molar-refractivity contribution in [2.45, 2.75) is 10.9 Å². The number of ether oxygens (including phenoxy) is 3. The van der Waals surface area contributed by atoms with E-state index < -0.39 is 10.0 Å². The predicted molar refractivity (Wildman–Crippen MR) is 113 cm³/mol. The molecule has 0 radical (unpaired) electrons. The second-order valence-corrected chi connectivity index (χ2v) is 9.26. The minimum atomic E-state index is -3.65. The van der Waals surface area contributed by atoms with E-state index in [0.717, 1.165) is 37.5 Å². The van der Waals surface area contributed by atoms with Gasteiger partial charge in [-0.25, -0.2) is 13.1 Å². The first kappa shape index (κ1) is 20.9. The molecule has 30 heavy (non-hydrogen) atoms. The molecule has 1 N–H and O–H groups in total. The maximum Gasteiger partial charge on any atom is 0.240 e. The molecule has 0 amide bonds. The molecule has 0 spiro atoms. The van der Waals surface area contributed by atoms with Crippen LogP contribution in [0.3, 0.4) is 0 Å². The molecule has 4 rings (SSSR count). The number of methoxy groups -OCH3 is 1. The van der Waals surface area contributed by atoms with Crippen LogP contribution >= 0.6 is 0 Å². The van der Waals surface area contributed by atoms with Crippen LogP contribution in [0, 0.1) is 0 Å². The Balaban J connectivity index is 1.55. The van der Waals surface area contributed by atoms with Gasteiger partial charge in [-0.3, -0.25) is 4.90 Å². The van der Waals surface area contributed by atoms with E-state index in [1.807, 2.05) is 18.2 Å². The van der Waals surface area contributed by atoms with Crippen LogP contribution in [0.4, 0.5) is 0 Å². The molecule has 0 aliphatic carbocycles. The molecule has 1 atom stereocenters. The van der Waals surface area contributed by atoms with E-state index >= 15 is 0 Å². The zero-order valence-corrected chi connectivity index (χ0v) is 18.0. The molecule has 0 aromatic heterocycles. The molecular weight excluding hydrogens is 406 g/mol. The molecule has 2 aliphatic rings. The summed E-state index contributed by atoms with van der Waals surface area (Å²) in [6.45, 7) is 4.07. The van der Waals surface area contributed by atoms with Crippen LogP contribution in [-0.2, 0) is 10.0 Å². The lowest BCUT2D eigenvalue weighted by Crippen LogP contribution is -2.48. The van der Waals surface area contributed by atoms with E-state index in [-0.39, 0.29) is 24.3 Å². The topological polar surface area (TPSA) is 80.3 Å². The van der Waals surface area contributed by atoms with Gasteiger partial charge in [0, 0.05) is 38.8 Å². The van der Waals surface area contributed by atoms with E-state index in [0.29, 0.717) is 11.5 Å². The number of nitrogens with one attached hydrogen (secondary N) is 1. The Labute approximate surface area is 177 Å². The highest BCUT2D eigenvalue weighted by atomic mass is 32.2. The average molecular weight is 434 g/mol. The van der Waals surface area contributed by atoms with Crippen molar-refractivity contribution in [3.63, 3.8) is 0 Å². The number of nitrogens with zero attached hydrogens (tertiary/aromatic N) is 2. The van der Waals surface area contributed by atoms with Gasteiger partial charge in [0.2, 0.25) is 16.8 Å². The van der Waals surface area contributed by atoms with Gasteiger partial charge in [-0.2, -0.15) is 0 Å². The number of fused-ring (bicyclic) bond motifs is 1. The molecule has 2 heterocycles. The summed E-state index contributed by atoms with van der Waals surface area (Å²) in [5, 5.41) is 0. The van der Waals surface area contributed by atoms with Crippen molar-refractivity contribution in [1.29, 1.82) is 0 Å². The van der Waals surface area contributed by atoms with Crippen LogP contribution in [0.2, 0.25) is 0 Å². The average Bonchev–Trinajstić information content (AvgIpc) is 3.23. The van der Waals surface area contributed by atoms with Gasteiger partial charge in [-0.05, 0) is 49.0 Å². The monoisotopic (exact) mass is 433 g/mol. The standard InChI is InChI=1S/C21H27N3O5S/c1-23-9-11-24(12-10-23)19(16-3-8-20-21(13-16)29-15-28-20)14-22-30(25,26)18-6-4-17(27-2)5-7-18/h3-8,13,19,22H,9-12,14-15H2,1-2H3/t19-/m1/s1. The fraction of sp³-hybridized carbons (Fsp3) is 0.429. The third kappa shape index (κ3) is 4.54. The molecule has 0 unspecified atom stereocenters. The van der Waals surface area contributed by atoms with Crippen molar-refractivity contribution in [3.8, 4) is 17.2 Å². The summed E-state index contributed by atoms with van der Waals surface area (Å²) in [4.78, 5) is 4.80. The Hall–Kier alpha value is -2.33. The third-order valence-corrected chi connectivity index (χ3v) is 7.04. The van der Waals surface area contributed by atoms with E-state index in [1.165, 1.54) is 0 Å². The first-order valence-electron chi connectivity index (χ1n) is 9.92. The first-order chi connectivity index (χ1) is 14.5. The molecule has 0 saturated carbocycles. The Bertz CT molecular complexity index is 973. The highest BCUT2D eigenvalue weighted by Crippen LogP contribution is 2.35. The molecule has 2 aromatic carbocycles. The lowest BCUT2D eigenvalue weighted by molar-refractivity contribution is 0.112. The lowest BCUT2D eigenvalue weighted by Gasteiger charge is -2.38. The predicted octanol–water partition coefficient (Wildman–Crippen LogP) is 1.69. The number of piperazine rings is 1. The minimum absolute atomic E-state index is 0.110. The van der Waals surface area contributed by atoms with Gasteiger partial charge in [-0.15, -0.1) is 0 Å². The number of rotatable bonds is 7. The molecule has 2 aromatic rings. The van der Waals surface area contributed by atoms with Crippen LogP contribution in [0.1, 0.15) is 11.6 Å². The van der Waals surface area contributed by atoms with E-state index in [9.17, 15) is 8.42 Å². The summed E-state index contributed by atoms with van der Waals surface area (Å²) in [6, 6.07) is 12.1. The van der Waals surface area contributed by atoms with Crippen LogP contribution in [0.15, 0.2) is 47.4 Å². The highest BCUT2D eigenvalue weighted by molar-refractivity contribution is 7.89. The van der Waals surface area contributed by atoms with Crippen LogP contribution < -0.4 is 18.9 Å². The van der Waals surface area contributed by atoms with Gasteiger partial charge >= 0.3 is 0 Å². The largest absolute Gasteiger partial charge is 0.497 e. The number of hydrogen-bond donors (Lipinski definition) is 1. The van der Waals surface area contributed by atoms with Crippen molar-refractivity contribution >= 4 is 10.0 Å². The maximum atomic E-state index is 12.9. The van der Waals surface area contributed by atoms with E-state index in [1.54, 1.807) is 31.4 Å². The Kier molecular flexibility index (Phi) is 6.14. The molecule has 2 aliphatic heterocycles. The summed E-state index contributed by atoms with van der Waals surface area (Å²) < 4.78 is 44.6. The summed E-state index contributed by atoms with van der Waals surface area (Å²) in [6.07, 6.45) is 0. The Morgan fingerprint density at radius 2 is 1.73 bits per heavy atom. The smallest absolute Gasteiger partial charge is 0.240 e. The zero-order chi connectivity index (χ0) is 21.1. The normalized spacial score (nSPS) is 18.3. The number of likely N-dealkylation sites (N-methyl/N-ethyl adjacent to an activating group) is 1. The summed E-state index contributed by atoms with van der Waals surface area (Å²) in [5.41, 5.74) is 1.00.